The molecule has 3 aromatic rings. The number of carboxylic acids is 1. The fourth-order valence-electron chi connectivity index (χ4n) is 2.81. The van der Waals surface area contributed by atoms with Gasteiger partial charge < -0.3 is 15.0 Å². The van der Waals surface area contributed by atoms with Crippen molar-refractivity contribution < 1.29 is 15.0 Å². The molecule has 0 aliphatic rings. The molecule has 8 nitrogen and oxygen atoms in total. The maximum atomic E-state index is 12.2. The molecule has 0 saturated heterocycles. The number of aromatic nitrogens is 2. The fraction of sp³-hybridized carbons (Fsp3) is 0.100. The van der Waals surface area contributed by atoms with E-state index in [-0.39, 0.29) is 16.8 Å². The number of para-hydroxylation sites is 1. The molecule has 8 heteroatoms. The van der Waals surface area contributed by atoms with Crippen LogP contribution in [0.25, 0.3) is 5.69 Å². The van der Waals surface area contributed by atoms with Crippen LogP contribution in [0.1, 0.15) is 27.0 Å². The van der Waals surface area contributed by atoms with Gasteiger partial charge in [-0.2, -0.15) is 0 Å². The highest BCUT2D eigenvalue weighted by molar-refractivity contribution is 5.90. The average molecular weight is 378 g/mol. The number of carboxylic acid groups (broad SMARTS) is 1. The van der Waals surface area contributed by atoms with Crippen LogP contribution in [0.3, 0.4) is 0 Å². The maximum Gasteiger partial charge on any atom is 0.335 e. The summed E-state index contributed by atoms with van der Waals surface area (Å²) in [4.78, 5) is 41.8. The Morgan fingerprint density at radius 1 is 1.14 bits per heavy atom. The van der Waals surface area contributed by atoms with Gasteiger partial charge in [-0.3, -0.25) is 14.8 Å². The van der Waals surface area contributed by atoms with Crippen molar-refractivity contribution in [2.75, 3.05) is 0 Å². The Balaban J connectivity index is 2.16. The third kappa shape index (κ3) is 3.35. The predicted molar refractivity (Wildman–Crippen MR) is 102 cm³/mol. The van der Waals surface area contributed by atoms with Crippen LogP contribution in [0.5, 0.6) is 5.88 Å². The first-order valence-corrected chi connectivity index (χ1v) is 8.30. The molecule has 0 atom stereocenters. The third-order valence-electron chi connectivity index (χ3n) is 4.34. The molecule has 0 aliphatic heterocycles. The van der Waals surface area contributed by atoms with Gasteiger partial charge in [0.2, 0.25) is 5.88 Å². The molecule has 28 heavy (non-hydrogen) atoms. The van der Waals surface area contributed by atoms with Crippen molar-refractivity contribution in [3.63, 3.8) is 0 Å². The quantitative estimate of drug-likeness (QED) is 0.654. The van der Waals surface area contributed by atoms with Crippen LogP contribution in [0.15, 0.2) is 57.0 Å². The second-order valence-electron chi connectivity index (χ2n) is 6.11. The summed E-state index contributed by atoms with van der Waals surface area (Å²) in [7, 11) is 0. The zero-order chi connectivity index (χ0) is 20.4. The molecule has 0 fully saturated rings. The van der Waals surface area contributed by atoms with Crippen LogP contribution in [-0.2, 0) is 0 Å². The highest BCUT2D eigenvalue weighted by Gasteiger charge is 2.15. The first kappa shape index (κ1) is 18.8. The van der Waals surface area contributed by atoms with E-state index in [9.17, 15) is 24.6 Å². The van der Waals surface area contributed by atoms with Crippen LogP contribution >= 0.6 is 0 Å². The Kier molecular flexibility index (Phi) is 4.95. The lowest BCUT2D eigenvalue weighted by Crippen LogP contribution is -2.31. The monoisotopic (exact) mass is 378 g/mol. The lowest BCUT2D eigenvalue weighted by molar-refractivity contribution is -0.255. The standard InChI is InChI=1S/C20H17N3O5/c1-11-6-3-4-9-16(11)23-18(25)14(17(24)22-20(23)28)10-21-15-8-5-7-13(12(15)2)19(26)27/h3-10,25H,1-2H3,(H,26,27)(H,22,24,28)/p-1. The molecule has 3 rings (SSSR count). The number of hydrogen-bond donors (Lipinski definition) is 2. The van der Waals surface area contributed by atoms with E-state index in [0.717, 1.165) is 10.8 Å². The SMILES string of the molecule is Cc1ccccc1-n1c(O)c(C=Nc2cccc(C(=O)[O-])c2C)c(=O)[nH]c1=O. The number of aryl methyl sites for hydroxylation is 1. The van der Waals surface area contributed by atoms with E-state index >= 15 is 0 Å². The molecule has 0 aliphatic carbocycles. The summed E-state index contributed by atoms with van der Waals surface area (Å²) in [6, 6.07) is 11.3. The van der Waals surface area contributed by atoms with Crippen molar-refractivity contribution in [2.45, 2.75) is 13.8 Å². The maximum absolute atomic E-state index is 12.2. The molecule has 2 N–H and O–H groups in total. The number of rotatable bonds is 4. The first-order chi connectivity index (χ1) is 13.3. The van der Waals surface area contributed by atoms with Gasteiger partial charge in [-0.15, -0.1) is 0 Å². The summed E-state index contributed by atoms with van der Waals surface area (Å²) in [5, 5.41) is 21.7. The van der Waals surface area contributed by atoms with Crippen molar-refractivity contribution >= 4 is 17.9 Å². The van der Waals surface area contributed by atoms with Gasteiger partial charge in [0.05, 0.1) is 17.3 Å². The molecule has 0 spiro atoms. The lowest BCUT2D eigenvalue weighted by Gasteiger charge is -2.12. The number of aromatic hydroxyl groups is 1. The number of carbonyl (C=O) groups excluding carboxylic acids is 1. The molecule has 0 unspecified atom stereocenters. The number of aromatic amines is 1. The summed E-state index contributed by atoms with van der Waals surface area (Å²) >= 11 is 0. The molecule has 2 aromatic carbocycles. The lowest BCUT2D eigenvalue weighted by atomic mass is 10.1. The van der Waals surface area contributed by atoms with Gasteiger partial charge in [-0.25, -0.2) is 9.36 Å². The summed E-state index contributed by atoms with van der Waals surface area (Å²) in [6.45, 7) is 3.31. The molecule has 1 heterocycles. The van der Waals surface area contributed by atoms with Gasteiger partial charge in [0, 0.05) is 11.8 Å². The van der Waals surface area contributed by atoms with Gasteiger partial charge in [-0.05, 0) is 37.1 Å². The van der Waals surface area contributed by atoms with E-state index in [1.807, 2.05) is 0 Å². The Morgan fingerprint density at radius 3 is 2.54 bits per heavy atom. The molecular weight excluding hydrogens is 362 g/mol. The number of hydrogen-bond acceptors (Lipinski definition) is 6. The smallest absolute Gasteiger partial charge is 0.335 e. The van der Waals surface area contributed by atoms with Gasteiger partial charge in [-0.1, -0.05) is 30.3 Å². The minimum absolute atomic E-state index is 0.0299. The molecule has 142 valence electrons. The highest BCUT2D eigenvalue weighted by Crippen LogP contribution is 2.23. The molecule has 1 aromatic heterocycles. The Labute approximate surface area is 159 Å². The topological polar surface area (TPSA) is 128 Å². The summed E-state index contributed by atoms with van der Waals surface area (Å²) in [5.41, 5.74) is -0.109. The number of aliphatic imine (C=N–C) groups is 1. The van der Waals surface area contributed by atoms with Crippen LogP contribution in [0.2, 0.25) is 0 Å². The minimum Gasteiger partial charge on any atom is -0.545 e. The molecule has 0 radical (unpaired) electrons. The largest absolute Gasteiger partial charge is 0.545 e. The zero-order valence-electron chi connectivity index (χ0n) is 15.1. The number of aromatic carboxylic acids is 1. The Hall–Kier alpha value is -3.94. The van der Waals surface area contributed by atoms with E-state index in [2.05, 4.69) is 9.98 Å². The summed E-state index contributed by atoms with van der Waals surface area (Å²) < 4.78 is 0.975. The van der Waals surface area contributed by atoms with E-state index < -0.39 is 23.1 Å². The Morgan fingerprint density at radius 2 is 1.86 bits per heavy atom. The molecule has 0 amide bonds. The van der Waals surface area contributed by atoms with Crippen LogP contribution < -0.4 is 16.4 Å². The van der Waals surface area contributed by atoms with Gasteiger partial charge in [0.25, 0.3) is 5.56 Å². The second-order valence-corrected chi connectivity index (χ2v) is 6.11. The van der Waals surface area contributed by atoms with Crippen LogP contribution in [0.4, 0.5) is 5.69 Å². The van der Waals surface area contributed by atoms with E-state index in [0.29, 0.717) is 16.8 Å². The highest BCUT2D eigenvalue weighted by atomic mass is 16.4. The number of nitrogens with zero attached hydrogens (tertiary/aromatic N) is 2. The van der Waals surface area contributed by atoms with Gasteiger partial charge in [0.15, 0.2) is 0 Å². The van der Waals surface area contributed by atoms with E-state index in [1.54, 1.807) is 44.2 Å². The average Bonchev–Trinajstić information content (AvgIpc) is 2.63. The van der Waals surface area contributed by atoms with Crippen LogP contribution in [-0.4, -0.2) is 26.8 Å². The van der Waals surface area contributed by atoms with Crippen molar-refractivity contribution in [3.8, 4) is 11.6 Å². The molecule has 0 bridgehead atoms. The molecular formula is C20H16N3O5-. The third-order valence-corrected chi connectivity index (χ3v) is 4.34. The fourth-order valence-corrected chi connectivity index (χ4v) is 2.81. The number of benzene rings is 2. The van der Waals surface area contributed by atoms with Gasteiger partial charge >= 0.3 is 5.69 Å². The van der Waals surface area contributed by atoms with Crippen molar-refractivity contribution in [2.24, 2.45) is 4.99 Å². The summed E-state index contributed by atoms with van der Waals surface area (Å²) in [6.07, 6.45) is 1.09. The van der Waals surface area contributed by atoms with E-state index in [4.69, 9.17) is 0 Å². The zero-order valence-corrected chi connectivity index (χ0v) is 15.1. The normalized spacial score (nSPS) is 11.1. The predicted octanol–water partition coefficient (Wildman–Crippen LogP) is 0.962. The first-order valence-electron chi connectivity index (χ1n) is 8.30. The number of H-pyrrole nitrogens is 1. The van der Waals surface area contributed by atoms with Crippen molar-refractivity contribution in [1.82, 2.24) is 9.55 Å². The Bertz CT molecular complexity index is 1220. The van der Waals surface area contributed by atoms with Crippen molar-refractivity contribution in [1.29, 1.82) is 0 Å². The molecule has 0 saturated carbocycles. The summed E-state index contributed by atoms with van der Waals surface area (Å²) in [5.74, 6) is -1.91. The van der Waals surface area contributed by atoms with E-state index in [1.165, 1.54) is 12.1 Å². The minimum atomic E-state index is -1.34. The number of nitrogens with one attached hydrogen (secondary N) is 1. The van der Waals surface area contributed by atoms with Crippen molar-refractivity contribution in [3.05, 3.63) is 85.6 Å². The van der Waals surface area contributed by atoms with Gasteiger partial charge in [0.1, 0.15) is 5.56 Å². The second kappa shape index (κ2) is 7.36. The van der Waals surface area contributed by atoms with Crippen LogP contribution in [0, 0.1) is 13.8 Å². The number of carbonyl (C=O) groups is 1.